The first-order chi connectivity index (χ1) is 7.72. The van der Waals surface area contributed by atoms with E-state index in [1.807, 2.05) is 36.6 Å². The predicted octanol–water partition coefficient (Wildman–Crippen LogP) is 2.01. The molecule has 2 rings (SSSR count). The molecule has 4 nitrogen and oxygen atoms in total. The molecule has 0 aliphatic carbocycles. The molecule has 0 saturated heterocycles. The zero-order valence-electron chi connectivity index (χ0n) is 8.51. The van der Waals surface area contributed by atoms with Crippen molar-refractivity contribution >= 4 is 24.0 Å². The Kier molecular flexibility index (Phi) is 3.21. The van der Waals surface area contributed by atoms with Crippen LogP contribution in [0.25, 0.3) is 5.69 Å². The standard InChI is InChI=1S/C10H9N3OS2/c1-16-10-12-8(15)11-9(14)13(10)7-5-3-2-4-6-7/h2-6H,1H3,(H,11,14,15). The Bertz CT molecular complexity index is 603. The quantitative estimate of drug-likeness (QED) is 0.655. The Morgan fingerprint density at radius 1 is 1.38 bits per heavy atom. The summed E-state index contributed by atoms with van der Waals surface area (Å²) in [5.74, 6) is 0. The molecule has 0 fully saturated rings. The van der Waals surface area contributed by atoms with Gasteiger partial charge in [-0.1, -0.05) is 30.0 Å². The number of rotatable bonds is 2. The van der Waals surface area contributed by atoms with Crippen LogP contribution in [0.3, 0.4) is 0 Å². The second-order valence-corrected chi connectivity index (χ2v) is 4.16. The van der Waals surface area contributed by atoms with Gasteiger partial charge in [0.25, 0.3) is 0 Å². The highest BCUT2D eigenvalue weighted by Gasteiger charge is 2.06. The van der Waals surface area contributed by atoms with E-state index in [-0.39, 0.29) is 10.5 Å². The van der Waals surface area contributed by atoms with Crippen LogP contribution in [0.4, 0.5) is 0 Å². The number of H-pyrrole nitrogens is 1. The van der Waals surface area contributed by atoms with Crippen molar-refractivity contribution in [3.05, 3.63) is 45.6 Å². The molecule has 16 heavy (non-hydrogen) atoms. The fraction of sp³-hybridized carbons (Fsp3) is 0.100. The topological polar surface area (TPSA) is 50.7 Å². The Hall–Kier alpha value is -1.40. The van der Waals surface area contributed by atoms with Crippen molar-refractivity contribution in [3.8, 4) is 5.69 Å². The van der Waals surface area contributed by atoms with Gasteiger partial charge in [-0.2, -0.15) is 4.98 Å². The zero-order chi connectivity index (χ0) is 11.5. The first-order valence-corrected chi connectivity index (χ1v) is 6.18. The minimum absolute atomic E-state index is 0.210. The number of thioether (sulfide) groups is 1. The van der Waals surface area contributed by atoms with Gasteiger partial charge in [-0.15, -0.1) is 0 Å². The number of nitrogens with one attached hydrogen (secondary N) is 1. The summed E-state index contributed by atoms with van der Waals surface area (Å²) in [7, 11) is 0. The second-order valence-electron chi connectivity index (χ2n) is 3.00. The van der Waals surface area contributed by atoms with E-state index in [0.29, 0.717) is 5.16 Å². The Morgan fingerprint density at radius 2 is 2.06 bits per heavy atom. The maximum atomic E-state index is 11.8. The number of nitrogens with zero attached hydrogens (tertiary/aromatic N) is 2. The minimum Gasteiger partial charge on any atom is -0.282 e. The van der Waals surface area contributed by atoms with Gasteiger partial charge >= 0.3 is 5.69 Å². The number of aromatic amines is 1. The van der Waals surface area contributed by atoms with Crippen LogP contribution < -0.4 is 5.69 Å². The average molecular weight is 251 g/mol. The summed E-state index contributed by atoms with van der Waals surface area (Å²) in [5.41, 5.74) is 0.506. The van der Waals surface area contributed by atoms with Crippen molar-refractivity contribution in [2.75, 3.05) is 6.26 Å². The fourth-order valence-electron chi connectivity index (χ4n) is 1.34. The maximum Gasteiger partial charge on any atom is 0.334 e. The third-order valence-electron chi connectivity index (χ3n) is 2.00. The third kappa shape index (κ3) is 2.07. The first-order valence-electron chi connectivity index (χ1n) is 4.55. The molecule has 1 heterocycles. The van der Waals surface area contributed by atoms with Gasteiger partial charge in [0.2, 0.25) is 4.77 Å². The van der Waals surface area contributed by atoms with Gasteiger partial charge in [-0.05, 0) is 30.6 Å². The number of para-hydroxylation sites is 1. The van der Waals surface area contributed by atoms with Gasteiger partial charge in [0, 0.05) is 0 Å². The van der Waals surface area contributed by atoms with Crippen molar-refractivity contribution in [2.45, 2.75) is 5.16 Å². The summed E-state index contributed by atoms with van der Waals surface area (Å²) in [6.45, 7) is 0. The van der Waals surface area contributed by atoms with E-state index >= 15 is 0 Å². The third-order valence-corrected chi connectivity index (χ3v) is 2.83. The molecule has 2 aromatic rings. The predicted molar refractivity (Wildman–Crippen MR) is 66.8 cm³/mol. The van der Waals surface area contributed by atoms with Crippen LogP contribution in [0.2, 0.25) is 0 Å². The highest BCUT2D eigenvalue weighted by atomic mass is 32.2. The normalized spacial score (nSPS) is 10.3. The minimum atomic E-state index is -0.268. The van der Waals surface area contributed by atoms with Crippen molar-refractivity contribution in [2.24, 2.45) is 0 Å². The number of benzene rings is 1. The van der Waals surface area contributed by atoms with Gasteiger partial charge in [0.15, 0.2) is 5.16 Å². The SMILES string of the molecule is CSc1nc(=S)[nH]c(=O)n1-c1ccccc1. The van der Waals surface area contributed by atoms with Crippen LogP contribution in [0.5, 0.6) is 0 Å². The molecule has 0 radical (unpaired) electrons. The van der Waals surface area contributed by atoms with E-state index in [9.17, 15) is 4.79 Å². The van der Waals surface area contributed by atoms with E-state index in [4.69, 9.17) is 12.2 Å². The lowest BCUT2D eigenvalue weighted by Crippen LogP contribution is -2.24. The van der Waals surface area contributed by atoms with E-state index in [1.54, 1.807) is 0 Å². The summed E-state index contributed by atoms with van der Waals surface area (Å²) in [4.78, 5) is 18.4. The second kappa shape index (κ2) is 4.63. The van der Waals surface area contributed by atoms with E-state index in [2.05, 4.69) is 9.97 Å². The molecule has 1 N–H and O–H groups in total. The average Bonchev–Trinajstić information content (AvgIpc) is 2.29. The Balaban J connectivity index is 2.74. The molecule has 1 aromatic heterocycles. The van der Waals surface area contributed by atoms with Crippen molar-refractivity contribution in [1.82, 2.24) is 14.5 Å². The molecule has 0 bridgehead atoms. The summed E-state index contributed by atoms with van der Waals surface area (Å²) in [6.07, 6.45) is 1.86. The molecule has 0 unspecified atom stereocenters. The number of hydrogen-bond donors (Lipinski definition) is 1. The lowest BCUT2D eigenvalue weighted by molar-refractivity contribution is 0.736. The number of aromatic nitrogens is 3. The molecule has 0 aliphatic heterocycles. The van der Waals surface area contributed by atoms with Gasteiger partial charge in [-0.3, -0.25) is 4.98 Å². The number of hydrogen-bond acceptors (Lipinski definition) is 4. The molecular formula is C10H9N3OS2. The molecule has 0 spiro atoms. The van der Waals surface area contributed by atoms with Gasteiger partial charge in [0.1, 0.15) is 0 Å². The van der Waals surface area contributed by atoms with Crippen LogP contribution >= 0.6 is 24.0 Å². The van der Waals surface area contributed by atoms with E-state index in [0.717, 1.165) is 5.69 Å². The summed E-state index contributed by atoms with van der Waals surface area (Å²) >= 11 is 6.25. The Labute approximate surface area is 101 Å². The van der Waals surface area contributed by atoms with Crippen LogP contribution in [-0.2, 0) is 0 Å². The van der Waals surface area contributed by atoms with Crippen LogP contribution in [0.15, 0.2) is 40.3 Å². The molecule has 0 aliphatic rings. The smallest absolute Gasteiger partial charge is 0.282 e. The molecule has 0 amide bonds. The van der Waals surface area contributed by atoms with Crippen LogP contribution in [-0.4, -0.2) is 20.8 Å². The highest BCUT2D eigenvalue weighted by Crippen LogP contribution is 2.13. The lowest BCUT2D eigenvalue weighted by atomic mass is 10.3. The molecular weight excluding hydrogens is 242 g/mol. The van der Waals surface area contributed by atoms with Crippen molar-refractivity contribution in [1.29, 1.82) is 0 Å². The first kappa shape index (κ1) is 11.1. The molecule has 82 valence electrons. The van der Waals surface area contributed by atoms with E-state index < -0.39 is 0 Å². The summed E-state index contributed by atoms with van der Waals surface area (Å²) in [5, 5.41) is 0.583. The van der Waals surface area contributed by atoms with Crippen LogP contribution in [0.1, 0.15) is 0 Å². The lowest BCUT2D eigenvalue weighted by Gasteiger charge is -2.08. The highest BCUT2D eigenvalue weighted by molar-refractivity contribution is 7.98. The summed E-state index contributed by atoms with van der Waals surface area (Å²) in [6, 6.07) is 9.33. The monoisotopic (exact) mass is 251 g/mol. The van der Waals surface area contributed by atoms with E-state index in [1.165, 1.54) is 16.3 Å². The van der Waals surface area contributed by atoms with Gasteiger partial charge in [-0.25, -0.2) is 9.36 Å². The molecule has 1 aromatic carbocycles. The fourth-order valence-corrected chi connectivity index (χ4v) is 2.13. The molecule has 0 atom stereocenters. The van der Waals surface area contributed by atoms with Crippen molar-refractivity contribution in [3.63, 3.8) is 0 Å². The van der Waals surface area contributed by atoms with Gasteiger partial charge in [0.05, 0.1) is 5.69 Å². The van der Waals surface area contributed by atoms with Gasteiger partial charge < -0.3 is 0 Å². The Morgan fingerprint density at radius 3 is 2.69 bits per heavy atom. The zero-order valence-corrected chi connectivity index (χ0v) is 10.1. The largest absolute Gasteiger partial charge is 0.334 e. The molecule has 0 saturated carbocycles. The molecule has 6 heteroatoms. The van der Waals surface area contributed by atoms with Crippen molar-refractivity contribution < 1.29 is 0 Å². The summed E-state index contributed by atoms with van der Waals surface area (Å²) < 4.78 is 1.71. The van der Waals surface area contributed by atoms with Crippen LogP contribution in [0, 0.1) is 4.77 Å². The maximum absolute atomic E-state index is 11.8.